The monoisotopic (exact) mass is 278 g/mol. The van der Waals surface area contributed by atoms with Gasteiger partial charge in [-0.05, 0) is 31.2 Å². The molecule has 2 heterocycles. The minimum atomic E-state index is -0.119. The molecule has 0 aliphatic rings. The third-order valence-electron chi connectivity index (χ3n) is 3.29. The molecule has 0 aliphatic carbocycles. The van der Waals surface area contributed by atoms with Crippen LogP contribution in [0.2, 0.25) is 0 Å². The van der Waals surface area contributed by atoms with Gasteiger partial charge < -0.3 is 0 Å². The van der Waals surface area contributed by atoms with E-state index in [4.69, 9.17) is 0 Å². The van der Waals surface area contributed by atoms with Gasteiger partial charge in [-0.1, -0.05) is 12.1 Å². The van der Waals surface area contributed by atoms with E-state index in [2.05, 4.69) is 15.0 Å². The van der Waals surface area contributed by atoms with Crippen molar-refractivity contribution in [2.75, 3.05) is 11.9 Å². The normalized spacial score (nSPS) is 10.6. The molecule has 0 unspecified atom stereocenters. The number of carbonyl (C=O) groups excluding carboxylic acids is 1. The number of fused-ring (bicyclic) bond motifs is 1. The predicted molar refractivity (Wildman–Crippen MR) is 81.2 cm³/mol. The van der Waals surface area contributed by atoms with E-state index in [1.807, 2.05) is 24.3 Å². The van der Waals surface area contributed by atoms with E-state index in [0.717, 1.165) is 10.9 Å². The Morgan fingerprint density at radius 3 is 2.71 bits per heavy atom. The van der Waals surface area contributed by atoms with E-state index in [0.29, 0.717) is 17.2 Å². The highest BCUT2D eigenvalue weighted by Crippen LogP contribution is 2.20. The molecule has 5 nitrogen and oxygen atoms in total. The van der Waals surface area contributed by atoms with Crippen LogP contribution >= 0.6 is 0 Å². The molecule has 3 rings (SSSR count). The van der Waals surface area contributed by atoms with Crippen molar-refractivity contribution in [3.63, 3.8) is 0 Å². The Morgan fingerprint density at radius 1 is 1.05 bits per heavy atom. The fourth-order valence-corrected chi connectivity index (χ4v) is 2.21. The second-order valence-corrected chi connectivity index (χ2v) is 4.70. The Labute approximate surface area is 122 Å². The number of nitrogens with zero attached hydrogens (tertiary/aromatic N) is 4. The van der Waals surface area contributed by atoms with Crippen LogP contribution in [-0.4, -0.2) is 27.9 Å². The first-order chi connectivity index (χ1) is 10.2. The van der Waals surface area contributed by atoms with E-state index < -0.39 is 0 Å². The third-order valence-corrected chi connectivity index (χ3v) is 3.29. The average molecular weight is 278 g/mol. The first-order valence-corrected chi connectivity index (χ1v) is 6.58. The average Bonchev–Trinajstić information content (AvgIpc) is 2.53. The number of hydrogen-bond donors (Lipinski definition) is 0. The maximum Gasteiger partial charge on any atom is 0.259 e. The zero-order chi connectivity index (χ0) is 14.8. The first-order valence-electron chi connectivity index (χ1n) is 6.58. The molecule has 0 atom stereocenters. The molecular weight excluding hydrogens is 264 g/mol. The molecular formula is C16H14N4O. The van der Waals surface area contributed by atoms with Gasteiger partial charge in [0.15, 0.2) is 0 Å². The van der Waals surface area contributed by atoms with Crippen molar-refractivity contribution in [2.24, 2.45) is 0 Å². The van der Waals surface area contributed by atoms with Gasteiger partial charge in [-0.25, -0.2) is 9.97 Å². The number of aromatic nitrogens is 3. The first kappa shape index (κ1) is 13.2. The lowest BCUT2D eigenvalue weighted by atomic mass is 10.1. The van der Waals surface area contributed by atoms with Gasteiger partial charge in [0.05, 0.1) is 5.52 Å². The Balaban J connectivity index is 2.04. The molecule has 0 fully saturated rings. The number of carbonyl (C=O) groups is 1. The van der Waals surface area contributed by atoms with Crippen molar-refractivity contribution in [1.29, 1.82) is 0 Å². The summed E-state index contributed by atoms with van der Waals surface area (Å²) in [5.41, 5.74) is 1.41. The molecule has 0 radical (unpaired) electrons. The van der Waals surface area contributed by atoms with E-state index in [1.54, 1.807) is 38.5 Å². The molecule has 0 aliphatic heterocycles. The molecule has 3 aromatic rings. The highest BCUT2D eigenvalue weighted by atomic mass is 16.2. The summed E-state index contributed by atoms with van der Waals surface area (Å²) >= 11 is 0. The minimum absolute atomic E-state index is 0.119. The molecule has 0 saturated carbocycles. The van der Waals surface area contributed by atoms with Crippen LogP contribution in [0.1, 0.15) is 16.2 Å². The van der Waals surface area contributed by atoms with Crippen molar-refractivity contribution in [3.05, 3.63) is 60.2 Å². The smallest absolute Gasteiger partial charge is 0.259 e. The topological polar surface area (TPSA) is 59.0 Å². The Morgan fingerprint density at radius 2 is 1.90 bits per heavy atom. The number of benzene rings is 1. The highest BCUT2D eigenvalue weighted by Gasteiger charge is 2.17. The lowest BCUT2D eigenvalue weighted by Crippen LogP contribution is -2.27. The Hall–Kier alpha value is -2.82. The van der Waals surface area contributed by atoms with Crippen molar-refractivity contribution in [3.8, 4) is 0 Å². The predicted octanol–water partition coefficient (Wildman–Crippen LogP) is 2.61. The number of amides is 1. The fourth-order valence-electron chi connectivity index (χ4n) is 2.21. The van der Waals surface area contributed by atoms with Crippen LogP contribution in [0.5, 0.6) is 0 Å². The number of anilines is 1. The third kappa shape index (κ3) is 2.45. The van der Waals surface area contributed by atoms with Gasteiger partial charge in [0, 0.05) is 30.4 Å². The van der Waals surface area contributed by atoms with Crippen molar-refractivity contribution < 1.29 is 4.79 Å². The quantitative estimate of drug-likeness (QED) is 0.723. The van der Waals surface area contributed by atoms with Gasteiger partial charge in [-0.2, -0.15) is 0 Å². The molecule has 0 saturated heterocycles. The molecule has 0 N–H and O–H groups in total. The van der Waals surface area contributed by atoms with Crippen LogP contribution in [0.15, 0.2) is 48.8 Å². The lowest BCUT2D eigenvalue weighted by molar-refractivity contribution is 0.0994. The molecule has 21 heavy (non-hydrogen) atoms. The van der Waals surface area contributed by atoms with Gasteiger partial charge in [0.25, 0.3) is 5.91 Å². The van der Waals surface area contributed by atoms with Crippen LogP contribution in [0.25, 0.3) is 10.9 Å². The summed E-state index contributed by atoms with van der Waals surface area (Å²) in [6.45, 7) is 1.80. The van der Waals surface area contributed by atoms with Crippen LogP contribution in [0.4, 0.5) is 5.82 Å². The zero-order valence-corrected chi connectivity index (χ0v) is 11.8. The lowest BCUT2D eigenvalue weighted by Gasteiger charge is -2.17. The maximum atomic E-state index is 12.7. The molecule has 1 aromatic carbocycles. The van der Waals surface area contributed by atoms with Gasteiger partial charge in [-0.3, -0.25) is 14.7 Å². The number of hydrogen-bond acceptors (Lipinski definition) is 4. The van der Waals surface area contributed by atoms with Crippen molar-refractivity contribution >= 4 is 22.6 Å². The van der Waals surface area contributed by atoms with Crippen LogP contribution in [0, 0.1) is 6.92 Å². The molecule has 2 aromatic heterocycles. The van der Waals surface area contributed by atoms with Gasteiger partial charge in [-0.15, -0.1) is 0 Å². The summed E-state index contributed by atoms with van der Waals surface area (Å²) in [6.07, 6.45) is 3.36. The number of aryl methyl sites for hydroxylation is 1. The minimum Gasteiger partial charge on any atom is -0.296 e. The van der Waals surface area contributed by atoms with Crippen LogP contribution < -0.4 is 4.90 Å². The van der Waals surface area contributed by atoms with E-state index >= 15 is 0 Å². The molecule has 1 amide bonds. The standard InChI is InChI=1S/C16H14N4O/c1-11-17-10-8-15(19-11)20(2)16(21)13-5-3-7-14-12(13)6-4-9-18-14/h3-10H,1-2H3. The van der Waals surface area contributed by atoms with Crippen LogP contribution in [-0.2, 0) is 0 Å². The number of rotatable bonds is 2. The summed E-state index contributed by atoms with van der Waals surface area (Å²) in [4.78, 5) is 26.8. The number of pyridine rings is 1. The molecule has 104 valence electrons. The fraction of sp³-hybridized carbons (Fsp3) is 0.125. The zero-order valence-electron chi connectivity index (χ0n) is 11.8. The summed E-state index contributed by atoms with van der Waals surface area (Å²) < 4.78 is 0. The van der Waals surface area contributed by atoms with Gasteiger partial charge in [0.1, 0.15) is 11.6 Å². The summed E-state index contributed by atoms with van der Waals surface area (Å²) in [6, 6.07) is 11.0. The van der Waals surface area contributed by atoms with Gasteiger partial charge in [0.2, 0.25) is 0 Å². The summed E-state index contributed by atoms with van der Waals surface area (Å²) in [7, 11) is 1.71. The van der Waals surface area contributed by atoms with Crippen LogP contribution in [0.3, 0.4) is 0 Å². The van der Waals surface area contributed by atoms with E-state index in [-0.39, 0.29) is 5.91 Å². The Kier molecular flexibility index (Phi) is 3.31. The van der Waals surface area contributed by atoms with E-state index in [1.165, 1.54) is 4.90 Å². The largest absolute Gasteiger partial charge is 0.296 e. The summed E-state index contributed by atoms with van der Waals surface area (Å²) in [5, 5.41) is 0.836. The maximum absolute atomic E-state index is 12.7. The second-order valence-electron chi connectivity index (χ2n) is 4.70. The molecule has 5 heteroatoms. The Bertz CT molecular complexity index is 811. The van der Waals surface area contributed by atoms with Crippen molar-refractivity contribution in [2.45, 2.75) is 6.92 Å². The highest BCUT2D eigenvalue weighted by molar-refractivity contribution is 6.13. The summed E-state index contributed by atoms with van der Waals surface area (Å²) in [5.74, 6) is 1.09. The second kappa shape index (κ2) is 5.28. The SMILES string of the molecule is Cc1nccc(N(C)C(=O)c2cccc3ncccc23)n1. The van der Waals surface area contributed by atoms with Gasteiger partial charge >= 0.3 is 0 Å². The molecule has 0 bridgehead atoms. The molecule has 0 spiro atoms. The van der Waals surface area contributed by atoms with E-state index in [9.17, 15) is 4.79 Å². The van der Waals surface area contributed by atoms with Crippen molar-refractivity contribution in [1.82, 2.24) is 15.0 Å².